The molecule has 2 fully saturated rings. The summed E-state index contributed by atoms with van der Waals surface area (Å²) in [5, 5.41) is 4.87. The highest BCUT2D eigenvalue weighted by atomic mass is 16.8. The Bertz CT molecular complexity index is 2630. The smallest absolute Gasteiger partial charge is 0.459 e. The van der Waals surface area contributed by atoms with Crippen molar-refractivity contribution in [1.29, 1.82) is 0 Å². The number of carbonyl (C=O) groups excluding carboxylic acids is 10. The molecule has 89 heavy (non-hydrogen) atoms. The van der Waals surface area contributed by atoms with Crippen molar-refractivity contribution in [3.63, 3.8) is 0 Å². The van der Waals surface area contributed by atoms with Gasteiger partial charge in [0.25, 0.3) is 0 Å². The van der Waals surface area contributed by atoms with Crippen LogP contribution in [0.3, 0.4) is 0 Å². The number of esters is 2. The summed E-state index contributed by atoms with van der Waals surface area (Å²) < 4.78 is 100. The molecule has 31 nitrogen and oxygen atoms in total. The van der Waals surface area contributed by atoms with Crippen molar-refractivity contribution < 1.29 is 138 Å². The third kappa shape index (κ3) is 24.0. The summed E-state index contributed by atoms with van der Waals surface area (Å²) in [5.41, 5.74) is 1.44. The summed E-state index contributed by atoms with van der Waals surface area (Å²) in [7, 11) is 0. The van der Waals surface area contributed by atoms with E-state index in [4.69, 9.17) is 90.0 Å². The molecule has 0 unspecified atom stereocenters. The van der Waals surface area contributed by atoms with Crippen molar-refractivity contribution >= 4 is 72.4 Å². The van der Waals surface area contributed by atoms with Gasteiger partial charge in [-0.25, -0.2) is 47.9 Å². The Labute approximate surface area is 508 Å². The number of nitrogens with one attached hydrogen (secondary N) is 2. The molecule has 2 N–H and O–H groups in total. The van der Waals surface area contributed by atoms with Gasteiger partial charge in [-0.2, -0.15) is 0 Å². The van der Waals surface area contributed by atoms with Gasteiger partial charge >= 0.3 is 61.1 Å². The molecule has 0 bridgehead atoms. The van der Waals surface area contributed by atoms with Crippen LogP contribution in [-0.4, -0.2) is 175 Å². The van der Waals surface area contributed by atoms with Crippen molar-refractivity contribution in [2.75, 3.05) is 63.5 Å². The average Bonchev–Trinajstić information content (AvgIpc) is 0.924. The SMILES string of the molecule is C=CCOC(=O)O[C@@H]1[C@@H](OC(=O)OCC=C)[C@H](OC(=O)Nc2ccc(COCc3ccc(NC(=O)O[C@@H]4O[C@H](C(=O)OCC=C)[C@@H](OC(=O)OCC=C)[C@H](OC(=O)OCC=C)[C@H]4OC(=O)OCC=C)cc3)cc2)O[C@H](C(=O)OCC=C)[C@H]1OC(=O)OCC=C. The summed E-state index contributed by atoms with van der Waals surface area (Å²) in [4.78, 5) is 131. The lowest BCUT2D eigenvalue weighted by Crippen LogP contribution is -2.64. The minimum absolute atomic E-state index is 0.0186. The quantitative estimate of drug-likeness (QED) is 0.0403. The molecular weight excluding hydrogens is 1190 g/mol. The molecule has 31 heteroatoms. The third-order valence-electron chi connectivity index (χ3n) is 10.8. The van der Waals surface area contributed by atoms with Crippen LogP contribution < -0.4 is 10.6 Å². The number of hydrogen-bond acceptors (Lipinski definition) is 29. The van der Waals surface area contributed by atoms with Gasteiger partial charge in [0.05, 0.1) is 13.2 Å². The van der Waals surface area contributed by atoms with Crippen molar-refractivity contribution in [1.82, 2.24) is 0 Å². The molecule has 0 saturated carbocycles. The standard InChI is InChI=1S/C58H64N2O29/c1-9-25-72-47(61)43-39(82-53(65)74-27-11-3)41(84-55(67)76-29-13-5)45(86-57(69)78-31-15-7)49(80-43)88-51(63)59-37-21-17-35(18-22-37)33-71-34-36-19-23-38(24-20-36)60-52(64)89-50-46(87-58(70)79-32-16-8)42(85-56(68)77-30-14-6)40(83-54(66)75-28-12-4)44(81-50)48(62)73-26-10-2/h9-24,39-46,49-50H,1-8,25-34H2,(H,59,63)(H,60,64)/t39-,40-,41-,42-,43-,44-,45+,46+,49-,50-/m0/s1. The number of hydrogen-bond donors (Lipinski definition) is 2. The highest BCUT2D eigenvalue weighted by molar-refractivity contribution is 5.86. The van der Waals surface area contributed by atoms with Gasteiger partial charge in [-0.15, -0.1) is 0 Å². The normalized spacial score (nSPS) is 20.4. The average molecular weight is 1250 g/mol. The lowest BCUT2D eigenvalue weighted by molar-refractivity contribution is -0.282. The van der Waals surface area contributed by atoms with Crippen molar-refractivity contribution in [2.24, 2.45) is 0 Å². The van der Waals surface area contributed by atoms with E-state index in [-0.39, 0.29) is 51.0 Å². The first-order chi connectivity index (χ1) is 42.9. The fourth-order valence-electron chi connectivity index (χ4n) is 7.21. The predicted octanol–water partition coefficient (Wildman–Crippen LogP) is 7.66. The fraction of sp³-hybridized carbons (Fsp3) is 0.345. The van der Waals surface area contributed by atoms with Gasteiger partial charge in [-0.05, 0) is 35.4 Å². The molecule has 4 rings (SSSR count). The molecule has 2 aliphatic rings. The van der Waals surface area contributed by atoms with Gasteiger partial charge in [-0.3, -0.25) is 10.6 Å². The molecule has 2 amide bonds. The lowest BCUT2D eigenvalue weighted by atomic mass is 9.98. The largest absolute Gasteiger partial charge is 0.509 e. The third-order valence-corrected chi connectivity index (χ3v) is 10.8. The number of amides is 2. The van der Waals surface area contributed by atoms with Gasteiger partial charge in [0, 0.05) is 11.4 Å². The van der Waals surface area contributed by atoms with E-state index < -0.39 is 149 Å². The topological polar surface area (TPSA) is 370 Å². The van der Waals surface area contributed by atoms with Crippen LogP contribution in [-0.2, 0) is 113 Å². The number of anilines is 2. The predicted molar refractivity (Wildman–Crippen MR) is 300 cm³/mol. The van der Waals surface area contributed by atoms with Crippen molar-refractivity contribution in [3.8, 4) is 0 Å². The summed E-state index contributed by atoms with van der Waals surface area (Å²) in [5.74, 6) is -2.51. The summed E-state index contributed by atoms with van der Waals surface area (Å²) in [6.45, 7) is 24.5. The molecule has 0 aromatic heterocycles. The Hall–Kier alpha value is -10.7. The van der Waals surface area contributed by atoms with E-state index in [1.54, 1.807) is 24.3 Å². The molecule has 0 aliphatic carbocycles. The molecule has 2 aliphatic heterocycles. The highest BCUT2D eigenvalue weighted by Crippen LogP contribution is 2.34. The molecule has 10 atom stereocenters. The molecule has 2 aromatic rings. The number of rotatable bonds is 32. The minimum atomic E-state index is -2.14. The van der Waals surface area contributed by atoms with Crippen molar-refractivity contribution in [3.05, 3.63) is 161 Å². The van der Waals surface area contributed by atoms with Gasteiger partial charge in [0.15, 0.2) is 36.6 Å². The van der Waals surface area contributed by atoms with Crippen LogP contribution in [0.5, 0.6) is 0 Å². The first kappa shape index (κ1) is 70.8. The Kier molecular flexibility index (Phi) is 30.6. The van der Waals surface area contributed by atoms with Gasteiger partial charge in [0.2, 0.25) is 24.8 Å². The summed E-state index contributed by atoms with van der Waals surface area (Å²) in [6.07, 6.45) is -22.5. The van der Waals surface area contributed by atoms with Gasteiger partial charge in [-0.1, -0.05) is 126 Å². The lowest BCUT2D eigenvalue weighted by Gasteiger charge is -2.42. The van der Waals surface area contributed by atoms with Gasteiger partial charge in [0.1, 0.15) is 52.9 Å². The van der Waals surface area contributed by atoms with Crippen LogP contribution in [0, 0.1) is 0 Å². The fourth-order valence-corrected chi connectivity index (χ4v) is 7.21. The van der Waals surface area contributed by atoms with E-state index in [1.165, 1.54) is 72.9 Å². The molecule has 0 radical (unpaired) electrons. The Morgan fingerprint density at radius 3 is 0.854 bits per heavy atom. The second-order valence-corrected chi connectivity index (χ2v) is 17.2. The van der Waals surface area contributed by atoms with Crippen LogP contribution >= 0.6 is 0 Å². The van der Waals surface area contributed by atoms with Crippen LogP contribution in [0.15, 0.2) is 150 Å². The Morgan fingerprint density at radius 2 is 0.584 bits per heavy atom. The van der Waals surface area contributed by atoms with E-state index in [1.807, 2.05) is 0 Å². The maximum Gasteiger partial charge on any atom is 0.509 e. The zero-order valence-electron chi connectivity index (χ0n) is 47.6. The molecular formula is C58H64N2O29. The van der Waals surface area contributed by atoms with E-state index >= 15 is 0 Å². The van der Waals surface area contributed by atoms with E-state index in [0.717, 1.165) is 0 Å². The van der Waals surface area contributed by atoms with E-state index in [2.05, 4.69) is 63.3 Å². The van der Waals surface area contributed by atoms with E-state index in [0.29, 0.717) is 11.1 Å². The second-order valence-electron chi connectivity index (χ2n) is 17.2. The van der Waals surface area contributed by atoms with Crippen molar-refractivity contribution in [2.45, 2.75) is 74.6 Å². The number of ether oxygens (including phenoxy) is 19. The maximum atomic E-state index is 13.5. The maximum absolute atomic E-state index is 13.5. The van der Waals surface area contributed by atoms with Gasteiger partial charge < -0.3 is 90.0 Å². The summed E-state index contributed by atoms with van der Waals surface area (Å²) in [6, 6.07) is 12.1. The van der Waals surface area contributed by atoms with Crippen LogP contribution in [0.4, 0.5) is 49.7 Å². The Balaban J connectivity index is 1.48. The monoisotopic (exact) mass is 1250 g/mol. The molecule has 2 saturated heterocycles. The first-order valence-corrected chi connectivity index (χ1v) is 26.1. The zero-order chi connectivity index (χ0) is 65.1. The van der Waals surface area contributed by atoms with Crippen LogP contribution in [0.25, 0.3) is 0 Å². The zero-order valence-corrected chi connectivity index (χ0v) is 47.6. The summed E-state index contributed by atoms with van der Waals surface area (Å²) >= 11 is 0. The second kappa shape index (κ2) is 38.4. The first-order valence-electron chi connectivity index (χ1n) is 26.1. The highest BCUT2D eigenvalue weighted by Gasteiger charge is 2.59. The molecule has 2 aromatic carbocycles. The Morgan fingerprint density at radius 1 is 0.337 bits per heavy atom. The molecule has 2 heterocycles. The molecule has 480 valence electrons. The van der Waals surface area contributed by atoms with E-state index in [9.17, 15) is 47.9 Å². The van der Waals surface area contributed by atoms with Crippen LogP contribution in [0.2, 0.25) is 0 Å². The molecule has 0 spiro atoms. The minimum Gasteiger partial charge on any atom is -0.459 e. The number of carbonyl (C=O) groups is 10. The number of benzene rings is 2. The van der Waals surface area contributed by atoms with Crippen LogP contribution in [0.1, 0.15) is 11.1 Å².